The highest BCUT2D eigenvalue weighted by molar-refractivity contribution is 6.59. The lowest BCUT2D eigenvalue weighted by atomic mass is 9.48. The molecule has 0 bridgehead atoms. The Kier molecular flexibility index (Phi) is 6.48. The van der Waals surface area contributed by atoms with Crippen molar-refractivity contribution in [2.75, 3.05) is 0 Å². The number of hydrogen-bond acceptors (Lipinski definition) is 2. The van der Waals surface area contributed by atoms with Crippen molar-refractivity contribution in [1.29, 1.82) is 0 Å². The van der Waals surface area contributed by atoms with E-state index in [9.17, 15) is 5.11 Å². The van der Waals surface area contributed by atoms with Crippen LogP contribution in [0.25, 0.3) is 65.7 Å². The van der Waals surface area contributed by atoms with Crippen LogP contribution in [0.3, 0.4) is 0 Å². The van der Waals surface area contributed by atoms with Crippen molar-refractivity contribution >= 4 is 56.2 Å². The minimum absolute atomic E-state index is 0.143. The summed E-state index contributed by atoms with van der Waals surface area (Å²) >= 11 is 0. The molecule has 0 unspecified atom stereocenters. The predicted molar refractivity (Wildman–Crippen MR) is 184 cm³/mol. The summed E-state index contributed by atoms with van der Waals surface area (Å²) in [6, 6.07) is 41.3. The number of hydrogen-bond donors (Lipinski definition) is 1. The van der Waals surface area contributed by atoms with Crippen molar-refractivity contribution in [1.82, 2.24) is 0 Å². The molecule has 6 aromatic carbocycles. The first kappa shape index (κ1) is 27.5. The molecule has 1 heterocycles. The van der Waals surface area contributed by atoms with Gasteiger partial charge < -0.3 is 9.52 Å². The molecule has 0 fully saturated rings. The van der Waals surface area contributed by atoms with E-state index in [1.54, 1.807) is 0 Å². The number of furan rings is 1. The highest BCUT2D eigenvalue weighted by atomic mass is 16.3. The molecule has 0 saturated heterocycles. The molecular weight excluding hydrogens is 523 g/mol. The lowest BCUT2D eigenvalue weighted by Crippen LogP contribution is -2.44. The van der Waals surface area contributed by atoms with Gasteiger partial charge in [-0.05, 0) is 87.3 Å². The molecule has 3 heteroatoms. The fourth-order valence-electron chi connectivity index (χ4n) is 6.34. The van der Waals surface area contributed by atoms with Gasteiger partial charge in [0.15, 0.2) is 7.28 Å². The van der Waals surface area contributed by atoms with Gasteiger partial charge in [-0.1, -0.05) is 123 Å². The zero-order chi connectivity index (χ0) is 29.9. The standard InChI is InChI=1S/C40H36BO2/c1-25(39(2,3)40(4,5)42)41-35-15-10-16-37-38(35)34-23-28(21-22-36(34)43-37)26-17-19-27(20-18-26)33-24-29-11-6-7-12-30(29)31-13-8-9-14-32(31)33/h6-25,42H,1-5H3/t25-/m1/s1. The molecule has 2 nitrogen and oxygen atoms in total. The van der Waals surface area contributed by atoms with E-state index in [2.05, 4.69) is 137 Å². The van der Waals surface area contributed by atoms with Gasteiger partial charge in [-0.15, -0.1) is 0 Å². The second-order valence-electron chi connectivity index (χ2n) is 13.0. The Morgan fingerprint density at radius 1 is 0.605 bits per heavy atom. The quantitative estimate of drug-likeness (QED) is 0.162. The third kappa shape index (κ3) is 4.64. The minimum Gasteiger partial charge on any atom is -0.456 e. The molecular formula is C40H36BO2. The van der Waals surface area contributed by atoms with Crippen LogP contribution in [0.15, 0.2) is 120 Å². The summed E-state index contributed by atoms with van der Waals surface area (Å²) in [5, 5.41) is 18.2. The van der Waals surface area contributed by atoms with E-state index < -0.39 is 5.60 Å². The van der Waals surface area contributed by atoms with Crippen LogP contribution >= 0.6 is 0 Å². The van der Waals surface area contributed by atoms with Gasteiger partial charge in [-0.2, -0.15) is 0 Å². The molecule has 0 amide bonds. The van der Waals surface area contributed by atoms with E-state index in [4.69, 9.17) is 4.42 Å². The van der Waals surface area contributed by atoms with Crippen molar-refractivity contribution in [3.05, 3.63) is 115 Å². The summed E-state index contributed by atoms with van der Waals surface area (Å²) in [5.41, 5.74) is 6.57. The molecule has 0 spiro atoms. The molecule has 1 atom stereocenters. The van der Waals surface area contributed by atoms with E-state index >= 15 is 0 Å². The molecule has 7 aromatic rings. The van der Waals surface area contributed by atoms with Gasteiger partial charge in [0.25, 0.3) is 0 Å². The third-order valence-electron chi connectivity index (χ3n) is 9.97. The first-order valence-electron chi connectivity index (χ1n) is 15.2. The molecule has 0 saturated carbocycles. The van der Waals surface area contributed by atoms with Gasteiger partial charge in [0, 0.05) is 10.8 Å². The first-order chi connectivity index (χ1) is 20.6. The van der Waals surface area contributed by atoms with Crippen LogP contribution in [0.4, 0.5) is 0 Å². The Labute approximate surface area is 254 Å². The fraction of sp³-hybridized carbons (Fsp3) is 0.200. The second-order valence-corrected chi connectivity index (χ2v) is 13.0. The Morgan fingerprint density at radius 3 is 2.00 bits per heavy atom. The van der Waals surface area contributed by atoms with Gasteiger partial charge in [-0.3, -0.25) is 0 Å². The summed E-state index contributed by atoms with van der Waals surface area (Å²) < 4.78 is 6.30. The molecule has 0 aliphatic heterocycles. The molecule has 1 N–H and O–H groups in total. The van der Waals surface area contributed by atoms with Gasteiger partial charge >= 0.3 is 0 Å². The van der Waals surface area contributed by atoms with Crippen LogP contribution in [0, 0.1) is 5.41 Å². The maximum atomic E-state index is 10.9. The van der Waals surface area contributed by atoms with Crippen LogP contribution in [0.1, 0.15) is 34.6 Å². The Bertz CT molecular complexity index is 2130. The van der Waals surface area contributed by atoms with E-state index in [1.807, 2.05) is 19.9 Å². The van der Waals surface area contributed by atoms with Crippen LogP contribution in [0.2, 0.25) is 5.82 Å². The second kappa shape index (κ2) is 10.1. The SMILES string of the molecule is C[C@@H]([B]c1cccc2oc3ccc(-c4ccc(-c5cc6ccccc6c6ccccc56)cc4)cc3c12)C(C)(C)C(C)(C)O. The Balaban J connectivity index is 1.28. The monoisotopic (exact) mass is 559 g/mol. The van der Waals surface area contributed by atoms with Crippen LogP contribution < -0.4 is 5.46 Å². The van der Waals surface area contributed by atoms with Crippen molar-refractivity contribution in [2.45, 2.75) is 46.0 Å². The summed E-state index contributed by atoms with van der Waals surface area (Å²) in [4.78, 5) is 0. The van der Waals surface area contributed by atoms with Crippen molar-refractivity contribution < 1.29 is 9.52 Å². The first-order valence-corrected chi connectivity index (χ1v) is 15.2. The number of fused-ring (bicyclic) bond motifs is 6. The highest BCUT2D eigenvalue weighted by Gasteiger charge is 2.40. The molecule has 211 valence electrons. The summed E-state index contributed by atoms with van der Waals surface area (Å²) in [6.45, 7) is 10.2. The smallest absolute Gasteiger partial charge is 0.156 e. The number of aliphatic hydroxyl groups is 1. The minimum atomic E-state index is -0.812. The highest BCUT2D eigenvalue weighted by Crippen LogP contribution is 2.42. The van der Waals surface area contributed by atoms with Gasteiger partial charge in [0.1, 0.15) is 11.2 Å². The summed E-state index contributed by atoms with van der Waals surface area (Å²) in [5.74, 6) is 0.143. The lowest BCUT2D eigenvalue weighted by molar-refractivity contribution is -0.0362. The number of benzene rings is 6. The fourth-order valence-corrected chi connectivity index (χ4v) is 6.34. The average Bonchev–Trinajstić information content (AvgIpc) is 3.39. The molecule has 1 radical (unpaired) electrons. The van der Waals surface area contributed by atoms with Crippen molar-refractivity contribution in [3.63, 3.8) is 0 Å². The zero-order valence-corrected chi connectivity index (χ0v) is 25.5. The average molecular weight is 560 g/mol. The normalized spacial score (nSPS) is 13.3. The predicted octanol–water partition coefficient (Wildman–Crippen LogP) is 10.2. The maximum absolute atomic E-state index is 10.9. The van der Waals surface area contributed by atoms with Gasteiger partial charge in [-0.25, -0.2) is 0 Å². The topological polar surface area (TPSA) is 33.4 Å². The third-order valence-corrected chi connectivity index (χ3v) is 9.97. The summed E-state index contributed by atoms with van der Waals surface area (Å²) in [7, 11) is 2.28. The van der Waals surface area contributed by atoms with Crippen molar-refractivity contribution in [3.8, 4) is 22.3 Å². The van der Waals surface area contributed by atoms with Crippen LogP contribution in [-0.2, 0) is 0 Å². The van der Waals surface area contributed by atoms with Gasteiger partial charge in [0.2, 0.25) is 0 Å². The lowest BCUT2D eigenvalue weighted by Gasteiger charge is -2.42. The van der Waals surface area contributed by atoms with E-state index in [0.717, 1.165) is 33.0 Å². The molecule has 7 rings (SSSR count). The Morgan fingerprint density at radius 2 is 1.26 bits per heavy atom. The van der Waals surface area contributed by atoms with Crippen LogP contribution in [-0.4, -0.2) is 18.0 Å². The van der Waals surface area contributed by atoms with Crippen LogP contribution in [0.5, 0.6) is 0 Å². The van der Waals surface area contributed by atoms with Gasteiger partial charge in [0.05, 0.1) is 5.60 Å². The van der Waals surface area contributed by atoms with E-state index in [-0.39, 0.29) is 11.2 Å². The Hall–Kier alpha value is -4.34. The van der Waals surface area contributed by atoms with E-state index in [0.29, 0.717) is 0 Å². The van der Waals surface area contributed by atoms with E-state index in [1.165, 1.54) is 38.2 Å². The summed E-state index contributed by atoms with van der Waals surface area (Å²) in [6.07, 6.45) is 0. The molecule has 0 aliphatic carbocycles. The zero-order valence-electron chi connectivity index (χ0n) is 25.5. The number of rotatable bonds is 6. The van der Waals surface area contributed by atoms with Crippen molar-refractivity contribution in [2.24, 2.45) is 5.41 Å². The largest absolute Gasteiger partial charge is 0.456 e. The molecule has 1 aromatic heterocycles. The maximum Gasteiger partial charge on any atom is 0.156 e. The molecule has 0 aliphatic rings. The molecule has 43 heavy (non-hydrogen) atoms.